The summed E-state index contributed by atoms with van der Waals surface area (Å²) in [5.74, 6) is 0.208. The van der Waals surface area contributed by atoms with Gasteiger partial charge in [-0.15, -0.1) is 0 Å². The van der Waals surface area contributed by atoms with Crippen molar-refractivity contribution in [3.05, 3.63) is 23.3 Å². The normalized spacial score (nSPS) is 14.5. The quantitative estimate of drug-likeness (QED) is 0.813. The Morgan fingerprint density at radius 1 is 1.18 bits per heavy atom. The minimum absolute atomic E-state index is 0.246. The average molecular weight is 236 g/mol. The summed E-state index contributed by atoms with van der Waals surface area (Å²) >= 11 is 0. The van der Waals surface area contributed by atoms with Crippen LogP contribution in [0.2, 0.25) is 0 Å². The van der Waals surface area contributed by atoms with E-state index in [0.717, 1.165) is 5.56 Å². The first kappa shape index (κ1) is 11.8. The first-order valence-electron chi connectivity index (χ1n) is 5.57. The summed E-state index contributed by atoms with van der Waals surface area (Å²) in [4.78, 5) is 11.3. The highest BCUT2D eigenvalue weighted by atomic mass is 16.6. The van der Waals surface area contributed by atoms with Crippen LogP contribution in [0.15, 0.2) is 12.1 Å². The van der Waals surface area contributed by atoms with Gasteiger partial charge in [0.05, 0.1) is 5.56 Å². The molecule has 0 fully saturated rings. The Labute approximate surface area is 100 Å². The van der Waals surface area contributed by atoms with Crippen molar-refractivity contribution < 1.29 is 19.4 Å². The maximum Gasteiger partial charge on any atom is 0.336 e. The predicted molar refractivity (Wildman–Crippen MR) is 63.1 cm³/mol. The zero-order chi connectivity index (χ0) is 12.6. The van der Waals surface area contributed by atoms with Gasteiger partial charge in [0, 0.05) is 0 Å². The minimum Gasteiger partial charge on any atom is -0.486 e. The van der Waals surface area contributed by atoms with Crippen LogP contribution >= 0.6 is 0 Å². The van der Waals surface area contributed by atoms with Crippen molar-refractivity contribution in [3.63, 3.8) is 0 Å². The molecule has 1 N–H and O–H groups in total. The van der Waals surface area contributed by atoms with Crippen molar-refractivity contribution in [2.24, 2.45) is 0 Å². The Morgan fingerprint density at radius 2 is 1.71 bits per heavy atom. The molecule has 0 atom stereocenters. The van der Waals surface area contributed by atoms with Gasteiger partial charge in [-0.2, -0.15) is 0 Å². The number of fused-ring (bicyclic) bond motifs is 1. The van der Waals surface area contributed by atoms with Crippen LogP contribution in [0.3, 0.4) is 0 Å². The maximum atomic E-state index is 11.3. The van der Waals surface area contributed by atoms with Gasteiger partial charge >= 0.3 is 5.97 Å². The largest absolute Gasteiger partial charge is 0.486 e. The second-order valence-electron chi connectivity index (χ2n) is 5.10. The fourth-order valence-corrected chi connectivity index (χ4v) is 1.89. The van der Waals surface area contributed by atoms with E-state index in [2.05, 4.69) is 0 Å². The predicted octanol–water partition coefficient (Wildman–Crippen LogP) is 2.45. The summed E-state index contributed by atoms with van der Waals surface area (Å²) in [5, 5.41) is 9.23. The molecule has 0 saturated carbocycles. The van der Waals surface area contributed by atoms with Crippen LogP contribution in [0.5, 0.6) is 11.5 Å². The van der Waals surface area contributed by atoms with Gasteiger partial charge in [-0.3, -0.25) is 0 Å². The summed E-state index contributed by atoms with van der Waals surface area (Å²) in [7, 11) is 0. The Hall–Kier alpha value is -1.71. The highest BCUT2D eigenvalue weighted by Gasteiger charge is 2.25. The third-order valence-electron chi connectivity index (χ3n) is 2.72. The van der Waals surface area contributed by atoms with E-state index in [-0.39, 0.29) is 11.0 Å². The van der Waals surface area contributed by atoms with E-state index >= 15 is 0 Å². The summed E-state index contributed by atoms with van der Waals surface area (Å²) < 4.78 is 10.9. The number of ether oxygens (including phenoxy) is 2. The first-order chi connectivity index (χ1) is 7.89. The first-order valence-corrected chi connectivity index (χ1v) is 5.57. The van der Waals surface area contributed by atoms with E-state index in [0.29, 0.717) is 24.7 Å². The molecule has 0 bridgehead atoms. The average Bonchev–Trinajstić information content (AvgIpc) is 2.26. The van der Waals surface area contributed by atoms with Gasteiger partial charge in [0.1, 0.15) is 13.2 Å². The molecule has 1 aliphatic heterocycles. The molecule has 0 aromatic heterocycles. The van der Waals surface area contributed by atoms with Gasteiger partial charge in [-0.05, 0) is 23.1 Å². The van der Waals surface area contributed by atoms with E-state index in [9.17, 15) is 9.90 Å². The number of benzene rings is 1. The zero-order valence-electron chi connectivity index (χ0n) is 10.2. The van der Waals surface area contributed by atoms with Crippen LogP contribution in [-0.4, -0.2) is 24.3 Å². The summed E-state index contributed by atoms with van der Waals surface area (Å²) in [6.45, 7) is 6.89. The van der Waals surface area contributed by atoms with Gasteiger partial charge in [0.15, 0.2) is 11.5 Å². The van der Waals surface area contributed by atoms with Crippen LogP contribution in [0.4, 0.5) is 0 Å². The summed E-state index contributed by atoms with van der Waals surface area (Å²) in [6.07, 6.45) is 0. The number of carbonyl (C=O) groups is 1. The van der Waals surface area contributed by atoms with Gasteiger partial charge in [0.25, 0.3) is 0 Å². The number of carboxylic acids is 1. The smallest absolute Gasteiger partial charge is 0.336 e. The van der Waals surface area contributed by atoms with Crippen molar-refractivity contribution in [1.82, 2.24) is 0 Å². The van der Waals surface area contributed by atoms with E-state index < -0.39 is 5.97 Å². The molecule has 0 aliphatic carbocycles. The number of carboxylic acid groups (broad SMARTS) is 1. The molecule has 92 valence electrons. The minimum atomic E-state index is -0.938. The van der Waals surface area contributed by atoms with E-state index in [1.54, 1.807) is 12.1 Å². The molecule has 0 spiro atoms. The summed E-state index contributed by atoms with van der Waals surface area (Å²) in [5.41, 5.74) is 0.791. The second-order valence-corrected chi connectivity index (χ2v) is 5.10. The van der Waals surface area contributed by atoms with E-state index in [1.807, 2.05) is 20.8 Å². The lowest BCUT2D eigenvalue weighted by molar-refractivity contribution is 0.0693. The molecule has 0 radical (unpaired) electrons. The standard InChI is InChI=1S/C13H16O4/c1-13(2,3)9-7-11-10(16-4-5-17-11)6-8(9)12(14)15/h6-7H,4-5H2,1-3H3,(H,14,15). The molecule has 1 aliphatic rings. The van der Waals surface area contributed by atoms with Crippen LogP contribution < -0.4 is 9.47 Å². The van der Waals surface area contributed by atoms with Crippen molar-refractivity contribution >= 4 is 5.97 Å². The number of rotatable bonds is 1. The fourth-order valence-electron chi connectivity index (χ4n) is 1.89. The number of hydrogen-bond donors (Lipinski definition) is 1. The van der Waals surface area contributed by atoms with Gasteiger partial charge < -0.3 is 14.6 Å². The van der Waals surface area contributed by atoms with Crippen molar-refractivity contribution in [2.75, 3.05) is 13.2 Å². The molecule has 0 amide bonds. The van der Waals surface area contributed by atoms with Crippen LogP contribution in [-0.2, 0) is 5.41 Å². The Morgan fingerprint density at radius 3 is 2.18 bits per heavy atom. The van der Waals surface area contributed by atoms with Gasteiger partial charge in [0.2, 0.25) is 0 Å². The second kappa shape index (κ2) is 3.95. The Bertz CT molecular complexity index is 457. The summed E-state index contributed by atoms with van der Waals surface area (Å²) in [6, 6.07) is 3.33. The lowest BCUT2D eigenvalue weighted by Crippen LogP contribution is -2.21. The van der Waals surface area contributed by atoms with Crippen LogP contribution in [0.25, 0.3) is 0 Å². The number of hydrogen-bond acceptors (Lipinski definition) is 3. The van der Waals surface area contributed by atoms with Crippen molar-refractivity contribution in [1.29, 1.82) is 0 Å². The third kappa shape index (κ3) is 2.20. The fraction of sp³-hybridized carbons (Fsp3) is 0.462. The van der Waals surface area contributed by atoms with Crippen LogP contribution in [0, 0.1) is 0 Å². The molecular formula is C13H16O4. The SMILES string of the molecule is CC(C)(C)c1cc2c(cc1C(=O)O)OCCO2. The number of aromatic carboxylic acids is 1. The molecule has 2 rings (SSSR count). The van der Waals surface area contributed by atoms with Gasteiger partial charge in [-0.1, -0.05) is 20.8 Å². The molecule has 4 nitrogen and oxygen atoms in total. The molecular weight excluding hydrogens is 220 g/mol. The van der Waals surface area contributed by atoms with E-state index in [4.69, 9.17) is 9.47 Å². The maximum absolute atomic E-state index is 11.3. The Kier molecular flexibility index (Phi) is 2.73. The van der Waals surface area contributed by atoms with Crippen molar-refractivity contribution in [2.45, 2.75) is 26.2 Å². The lowest BCUT2D eigenvalue weighted by atomic mass is 9.83. The monoisotopic (exact) mass is 236 g/mol. The molecule has 4 heteroatoms. The molecule has 1 heterocycles. The topological polar surface area (TPSA) is 55.8 Å². The van der Waals surface area contributed by atoms with Gasteiger partial charge in [-0.25, -0.2) is 4.79 Å². The van der Waals surface area contributed by atoms with Crippen molar-refractivity contribution in [3.8, 4) is 11.5 Å². The molecule has 0 saturated heterocycles. The highest BCUT2D eigenvalue weighted by Crippen LogP contribution is 2.37. The molecule has 17 heavy (non-hydrogen) atoms. The molecule has 0 unspecified atom stereocenters. The third-order valence-corrected chi connectivity index (χ3v) is 2.72. The van der Waals surface area contributed by atoms with Crippen LogP contribution in [0.1, 0.15) is 36.7 Å². The van der Waals surface area contributed by atoms with E-state index in [1.165, 1.54) is 0 Å². The highest BCUT2D eigenvalue weighted by molar-refractivity contribution is 5.91. The lowest BCUT2D eigenvalue weighted by Gasteiger charge is -2.25. The molecule has 1 aromatic rings. The molecule has 1 aromatic carbocycles. The Balaban J connectivity index is 2.60. The zero-order valence-corrected chi connectivity index (χ0v) is 10.2.